The van der Waals surface area contributed by atoms with E-state index in [2.05, 4.69) is 4.74 Å². The molecule has 0 aromatic heterocycles. The Balaban J connectivity index is 1.74. The summed E-state index contributed by atoms with van der Waals surface area (Å²) in [5.74, 6) is -1.78. The fraction of sp³-hybridized carbons (Fsp3) is 0.250. The highest BCUT2D eigenvalue weighted by molar-refractivity contribution is 6.35. The van der Waals surface area contributed by atoms with E-state index in [1.54, 1.807) is 4.90 Å². The van der Waals surface area contributed by atoms with Crippen LogP contribution in [0.15, 0.2) is 36.4 Å². The van der Waals surface area contributed by atoms with Crippen LogP contribution in [0.4, 0.5) is 17.1 Å². The molecule has 0 spiro atoms. The number of nitro benzene ring substituents is 1. The molecule has 1 saturated heterocycles. The van der Waals surface area contributed by atoms with Crippen molar-refractivity contribution in [2.45, 2.75) is 0 Å². The summed E-state index contributed by atoms with van der Waals surface area (Å²) in [6.45, 7) is 1.72. The predicted molar refractivity (Wildman–Crippen MR) is 105 cm³/mol. The SMILES string of the molecule is COC(=O)c1ccc(N2C(=O)c3cc(N4CCOCC4)c([N+](=O)[O-])cc3C2=O)cc1. The van der Waals surface area contributed by atoms with Crippen molar-refractivity contribution < 1.29 is 28.8 Å². The van der Waals surface area contributed by atoms with Gasteiger partial charge in [0.15, 0.2) is 0 Å². The molecule has 0 radical (unpaired) electrons. The number of imide groups is 1. The molecule has 2 heterocycles. The van der Waals surface area contributed by atoms with E-state index >= 15 is 0 Å². The lowest BCUT2D eigenvalue weighted by Crippen LogP contribution is -2.36. The molecule has 0 N–H and O–H groups in total. The molecule has 4 rings (SSSR count). The number of hydrogen-bond acceptors (Lipinski definition) is 8. The highest BCUT2D eigenvalue weighted by atomic mass is 16.6. The van der Waals surface area contributed by atoms with E-state index in [4.69, 9.17) is 4.74 Å². The maximum Gasteiger partial charge on any atom is 0.337 e. The number of morpholine rings is 1. The zero-order valence-electron chi connectivity index (χ0n) is 16.0. The molecule has 0 atom stereocenters. The van der Waals surface area contributed by atoms with Gasteiger partial charge in [-0.2, -0.15) is 0 Å². The molecule has 2 aromatic carbocycles. The Labute approximate surface area is 170 Å². The maximum absolute atomic E-state index is 13.0. The quantitative estimate of drug-likeness (QED) is 0.324. The highest BCUT2D eigenvalue weighted by Gasteiger charge is 2.40. The molecule has 2 aliphatic heterocycles. The third-order valence-corrected chi connectivity index (χ3v) is 5.08. The molecule has 2 aromatic rings. The van der Waals surface area contributed by atoms with Crippen molar-refractivity contribution in [2.24, 2.45) is 0 Å². The average Bonchev–Trinajstić information content (AvgIpc) is 3.02. The van der Waals surface area contributed by atoms with E-state index in [1.165, 1.54) is 37.4 Å². The van der Waals surface area contributed by atoms with Crippen LogP contribution in [0.5, 0.6) is 0 Å². The summed E-state index contributed by atoms with van der Waals surface area (Å²) >= 11 is 0. The van der Waals surface area contributed by atoms with Crippen molar-refractivity contribution in [3.63, 3.8) is 0 Å². The van der Waals surface area contributed by atoms with E-state index in [0.717, 1.165) is 11.0 Å². The van der Waals surface area contributed by atoms with E-state index in [1.807, 2.05) is 0 Å². The van der Waals surface area contributed by atoms with Crippen LogP contribution in [-0.4, -0.2) is 56.1 Å². The van der Waals surface area contributed by atoms with Crippen LogP contribution in [0.1, 0.15) is 31.1 Å². The van der Waals surface area contributed by atoms with Crippen molar-refractivity contribution in [1.29, 1.82) is 0 Å². The predicted octanol–water partition coefficient (Wildman–Crippen LogP) is 2.02. The number of anilines is 2. The van der Waals surface area contributed by atoms with E-state index in [0.29, 0.717) is 26.3 Å². The third kappa shape index (κ3) is 3.16. The van der Waals surface area contributed by atoms with Gasteiger partial charge in [-0.05, 0) is 30.3 Å². The Kier molecular flexibility index (Phi) is 4.92. The van der Waals surface area contributed by atoms with Gasteiger partial charge in [-0.1, -0.05) is 0 Å². The van der Waals surface area contributed by atoms with Crippen LogP contribution in [0.25, 0.3) is 0 Å². The van der Waals surface area contributed by atoms with Crippen LogP contribution in [0.2, 0.25) is 0 Å². The minimum atomic E-state index is -0.655. The summed E-state index contributed by atoms with van der Waals surface area (Å²) in [6, 6.07) is 8.33. The number of amides is 2. The second kappa shape index (κ2) is 7.56. The minimum absolute atomic E-state index is 0.0271. The van der Waals surface area contributed by atoms with Crippen molar-refractivity contribution in [2.75, 3.05) is 43.2 Å². The molecule has 0 unspecified atom stereocenters. The van der Waals surface area contributed by atoms with Crippen LogP contribution in [-0.2, 0) is 9.47 Å². The Morgan fingerprint density at radius 3 is 2.23 bits per heavy atom. The smallest absolute Gasteiger partial charge is 0.337 e. The van der Waals surface area contributed by atoms with Gasteiger partial charge in [0.2, 0.25) is 0 Å². The first-order valence-corrected chi connectivity index (χ1v) is 9.14. The molecular weight excluding hydrogens is 394 g/mol. The van der Waals surface area contributed by atoms with E-state index < -0.39 is 22.7 Å². The third-order valence-electron chi connectivity index (χ3n) is 5.08. The molecule has 30 heavy (non-hydrogen) atoms. The number of ether oxygens (including phenoxy) is 2. The van der Waals surface area contributed by atoms with E-state index in [-0.39, 0.29) is 33.8 Å². The number of fused-ring (bicyclic) bond motifs is 1. The fourth-order valence-corrected chi connectivity index (χ4v) is 3.57. The summed E-state index contributed by atoms with van der Waals surface area (Å²) in [5.41, 5.74) is 0.642. The standard InChI is InChI=1S/C20H17N3O7/c1-29-20(26)12-2-4-13(5-3-12)22-18(24)14-10-16(21-6-8-30-9-7-21)17(23(27)28)11-15(14)19(22)25/h2-5,10-11H,6-9H2,1H3. The van der Waals surface area contributed by atoms with Gasteiger partial charge in [-0.15, -0.1) is 0 Å². The normalized spacial score (nSPS) is 15.9. The molecule has 2 aliphatic rings. The zero-order valence-corrected chi connectivity index (χ0v) is 16.0. The van der Waals surface area contributed by atoms with Crippen LogP contribution >= 0.6 is 0 Å². The van der Waals surface area contributed by atoms with Crippen LogP contribution in [0.3, 0.4) is 0 Å². The molecule has 0 bridgehead atoms. The van der Waals surface area contributed by atoms with Crippen LogP contribution < -0.4 is 9.80 Å². The number of benzene rings is 2. The first kappa shape index (κ1) is 19.5. The largest absolute Gasteiger partial charge is 0.465 e. The molecular formula is C20H17N3O7. The van der Waals surface area contributed by atoms with Gasteiger partial charge in [0.25, 0.3) is 17.5 Å². The molecule has 10 nitrogen and oxygen atoms in total. The number of nitro groups is 1. The van der Waals surface area contributed by atoms with Gasteiger partial charge in [-0.3, -0.25) is 19.7 Å². The molecule has 1 fully saturated rings. The summed E-state index contributed by atoms with van der Waals surface area (Å²) in [4.78, 5) is 51.3. The number of rotatable bonds is 4. The second-order valence-corrected chi connectivity index (χ2v) is 6.73. The molecule has 154 valence electrons. The maximum atomic E-state index is 13.0. The van der Waals surface area contributed by atoms with Crippen molar-refractivity contribution in [3.8, 4) is 0 Å². The Morgan fingerprint density at radius 1 is 1.07 bits per heavy atom. The van der Waals surface area contributed by atoms with Gasteiger partial charge in [-0.25, -0.2) is 9.69 Å². The lowest BCUT2D eigenvalue weighted by Gasteiger charge is -2.28. The second-order valence-electron chi connectivity index (χ2n) is 6.73. The van der Waals surface area contributed by atoms with Gasteiger partial charge < -0.3 is 14.4 Å². The van der Waals surface area contributed by atoms with Crippen molar-refractivity contribution in [1.82, 2.24) is 0 Å². The number of methoxy groups -OCH3 is 1. The lowest BCUT2D eigenvalue weighted by molar-refractivity contribution is -0.384. The Bertz CT molecular complexity index is 1060. The van der Waals surface area contributed by atoms with Crippen LogP contribution in [0, 0.1) is 10.1 Å². The summed E-state index contributed by atoms with van der Waals surface area (Å²) in [6.07, 6.45) is 0. The summed E-state index contributed by atoms with van der Waals surface area (Å²) in [5, 5.41) is 11.6. The van der Waals surface area contributed by atoms with Crippen molar-refractivity contribution >= 4 is 34.8 Å². The van der Waals surface area contributed by atoms with Gasteiger partial charge in [0.1, 0.15) is 5.69 Å². The Morgan fingerprint density at radius 2 is 1.67 bits per heavy atom. The fourth-order valence-electron chi connectivity index (χ4n) is 3.57. The lowest BCUT2D eigenvalue weighted by atomic mass is 10.1. The van der Waals surface area contributed by atoms with E-state index in [9.17, 15) is 24.5 Å². The highest BCUT2D eigenvalue weighted by Crippen LogP contribution is 2.37. The number of esters is 1. The monoisotopic (exact) mass is 411 g/mol. The Hall–Kier alpha value is -3.79. The first-order chi connectivity index (χ1) is 14.4. The molecule has 2 amide bonds. The summed E-state index contributed by atoms with van der Waals surface area (Å²) < 4.78 is 9.93. The number of hydrogen-bond donors (Lipinski definition) is 0. The van der Waals surface area contributed by atoms with Gasteiger partial charge in [0.05, 0.1) is 47.6 Å². The first-order valence-electron chi connectivity index (χ1n) is 9.14. The van der Waals surface area contributed by atoms with Gasteiger partial charge >= 0.3 is 5.97 Å². The van der Waals surface area contributed by atoms with Gasteiger partial charge in [0, 0.05) is 19.2 Å². The summed E-state index contributed by atoms with van der Waals surface area (Å²) in [7, 11) is 1.25. The molecule has 10 heteroatoms. The molecule has 0 saturated carbocycles. The number of carbonyl (C=O) groups excluding carboxylic acids is 3. The van der Waals surface area contributed by atoms with Crippen molar-refractivity contribution in [3.05, 3.63) is 63.2 Å². The topological polar surface area (TPSA) is 119 Å². The molecule has 0 aliphatic carbocycles. The number of nitrogens with zero attached hydrogens (tertiary/aromatic N) is 3. The minimum Gasteiger partial charge on any atom is -0.465 e. The average molecular weight is 411 g/mol. The zero-order chi connectivity index (χ0) is 21.4. The number of carbonyl (C=O) groups is 3.